The summed E-state index contributed by atoms with van der Waals surface area (Å²) in [6.07, 6.45) is 0. The third kappa shape index (κ3) is 3.49. The molecule has 0 bridgehead atoms. The van der Waals surface area contributed by atoms with Crippen LogP contribution in [0.15, 0.2) is 18.2 Å². The third-order valence-electron chi connectivity index (χ3n) is 2.77. The Balaban J connectivity index is 3.28. The van der Waals surface area contributed by atoms with Gasteiger partial charge in [-0.05, 0) is 37.0 Å². The molecule has 0 saturated carbocycles. The number of benzene rings is 1. The number of carbonyl (C=O) groups is 1. The lowest BCUT2D eigenvalue weighted by atomic mass is 9.85. The van der Waals surface area contributed by atoms with Gasteiger partial charge in [-0.25, -0.2) is 0 Å². The number of ketones is 1. The molecule has 0 aliphatic heterocycles. The zero-order chi connectivity index (χ0) is 13.9. The van der Waals surface area contributed by atoms with Gasteiger partial charge in [0, 0.05) is 0 Å². The van der Waals surface area contributed by atoms with E-state index in [0.29, 0.717) is 17.9 Å². The third-order valence-corrected chi connectivity index (χ3v) is 2.97. The van der Waals surface area contributed by atoms with E-state index in [1.807, 2.05) is 25.1 Å². The van der Waals surface area contributed by atoms with Crippen molar-refractivity contribution < 1.29 is 9.53 Å². The molecule has 0 saturated heterocycles. The molecule has 0 aliphatic carbocycles. The zero-order valence-electron chi connectivity index (χ0n) is 11.7. The Bertz CT molecular complexity index is 431. The van der Waals surface area contributed by atoms with Crippen molar-refractivity contribution >= 4 is 17.4 Å². The van der Waals surface area contributed by atoms with E-state index in [9.17, 15) is 4.79 Å². The zero-order valence-corrected chi connectivity index (χ0v) is 12.5. The van der Waals surface area contributed by atoms with Gasteiger partial charge in [-0.2, -0.15) is 0 Å². The predicted molar refractivity (Wildman–Crippen MR) is 76.0 cm³/mol. The molecule has 0 radical (unpaired) electrons. The fourth-order valence-corrected chi connectivity index (χ4v) is 1.80. The summed E-state index contributed by atoms with van der Waals surface area (Å²) in [4.78, 5) is 12.1. The minimum Gasteiger partial charge on any atom is -0.493 e. The maximum Gasteiger partial charge on any atom is 0.184 e. The second-order valence-electron chi connectivity index (χ2n) is 5.37. The van der Waals surface area contributed by atoms with Gasteiger partial charge in [0.2, 0.25) is 0 Å². The van der Waals surface area contributed by atoms with E-state index in [4.69, 9.17) is 16.3 Å². The summed E-state index contributed by atoms with van der Waals surface area (Å²) < 4.78 is 5.50. The van der Waals surface area contributed by atoms with Gasteiger partial charge in [0.25, 0.3) is 0 Å². The van der Waals surface area contributed by atoms with Crippen LogP contribution in [0.2, 0.25) is 0 Å². The van der Waals surface area contributed by atoms with Crippen LogP contribution in [-0.2, 0) is 5.41 Å². The van der Waals surface area contributed by atoms with Gasteiger partial charge in [0.05, 0.1) is 17.5 Å². The van der Waals surface area contributed by atoms with Gasteiger partial charge in [0.15, 0.2) is 5.78 Å². The Morgan fingerprint density at radius 1 is 1.39 bits per heavy atom. The molecule has 3 heteroatoms. The summed E-state index contributed by atoms with van der Waals surface area (Å²) in [5.41, 5.74) is 1.67. The minimum absolute atomic E-state index is 0.00464. The van der Waals surface area contributed by atoms with Crippen molar-refractivity contribution in [2.75, 3.05) is 6.61 Å². The second-order valence-corrected chi connectivity index (χ2v) is 6.03. The smallest absolute Gasteiger partial charge is 0.184 e. The molecule has 1 aromatic rings. The van der Waals surface area contributed by atoms with E-state index >= 15 is 0 Å². The summed E-state index contributed by atoms with van der Waals surface area (Å²) >= 11 is 5.90. The van der Waals surface area contributed by atoms with Gasteiger partial charge >= 0.3 is 0 Å². The summed E-state index contributed by atoms with van der Waals surface area (Å²) in [6.45, 7) is 10.5. The highest BCUT2D eigenvalue weighted by molar-refractivity contribution is 6.33. The first-order valence-corrected chi connectivity index (χ1v) is 6.66. The summed E-state index contributed by atoms with van der Waals surface area (Å²) in [7, 11) is 0. The van der Waals surface area contributed by atoms with E-state index in [0.717, 1.165) is 5.56 Å². The SMILES string of the molecule is CCOc1ccc(C(C)(C)C)cc1C(=O)C(C)Cl. The molecule has 1 aromatic carbocycles. The Hall–Kier alpha value is -1.02. The van der Waals surface area contributed by atoms with Crippen molar-refractivity contribution in [3.8, 4) is 5.75 Å². The van der Waals surface area contributed by atoms with Crippen molar-refractivity contribution in [1.82, 2.24) is 0 Å². The summed E-state index contributed by atoms with van der Waals surface area (Å²) in [6, 6.07) is 5.75. The maximum atomic E-state index is 12.1. The average Bonchev–Trinajstić information content (AvgIpc) is 2.27. The molecule has 2 nitrogen and oxygen atoms in total. The Kier molecular flexibility index (Phi) is 4.80. The molecule has 18 heavy (non-hydrogen) atoms. The topological polar surface area (TPSA) is 26.3 Å². The predicted octanol–water partition coefficient (Wildman–Crippen LogP) is 4.19. The van der Waals surface area contributed by atoms with Gasteiger partial charge in [0.1, 0.15) is 5.75 Å². The second kappa shape index (κ2) is 5.75. The quantitative estimate of drug-likeness (QED) is 0.604. The highest BCUT2D eigenvalue weighted by atomic mass is 35.5. The molecule has 0 heterocycles. The lowest BCUT2D eigenvalue weighted by Crippen LogP contribution is -2.16. The molecule has 0 N–H and O–H groups in total. The van der Waals surface area contributed by atoms with Crippen molar-refractivity contribution in [2.24, 2.45) is 0 Å². The Morgan fingerprint density at radius 3 is 2.44 bits per heavy atom. The molecule has 100 valence electrons. The number of ether oxygens (including phenoxy) is 1. The number of hydrogen-bond acceptors (Lipinski definition) is 2. The molecule has 1 atom stereocenters. The van der Waals surface area contributed by atoms with Crippen molar-refractivity contribution in [3.05, 3.63) is 29.3 Å². The van der Waals surface area contributed by atoms with Gasteiger partial charge in [-0.3, -0.25) is 4.79 Å². The van der Waals surface area contributed by atoms with Crippen LogP contribution in [0, 0.1) is 0 Å². The molecule has 1 rings (SSSR count). The highest BCUT2D eigenvalue weighted by Crippen LogP contribution is 2.29. The molecule has 0 amide bonds. The number of rotatable bonds is 4. The van der Waals surface area contributed by atoms with E-state index in [1.54, 1.807) is 6.92 Å². The van der Waals surface area contributed by atoms with Crippen LogP contribution in [0.3, 0.4) is 0 Å². The van der Waals surface area contributed by atoms with E-state index in [1.165, 1.54) is 0 Å². The van der Waals surface area contributed by atoms with Crippen molar-refractivity contribution in [3.63, 3.8) is 0 Å². The number of halogens is 1. The average molecular weight is 269 g/mol. The fraction of sp³-hybridized carbons (Fsp3) is 0.533. The Labute approximate surface area is 114 Å². The number of alkyl halides is 1. The van der Waals surface area contributed by atoms with Gasteiger partial charge < -0.3 is 4.74 Å². The molecule has 1 unspecified atom stereocenters. The summed E-state index contributed by atoms with van der Waals surface area (Å²) in [5.74, 6) is 0.522. The van der Waals surface area contributed by atoms with Crippen molar-refractivity contribution in [2.45, 2.75) is 45.4 Å². The first-order valence-electron chi connectivity index (χ1n) is 6.23. The molecule has 0 spiro atoms. The van der Waals surface area contributed by atoms with Crippen LogP contribution in [0.25, 0.3) is 0 Å². The lowest BCUT2D eigenvalue weighted by Gasteiger charge is -2.21. The van der Waals surface area contributed by atoms with Crippen LogP contribution in [0.5, 0.6) is 5.75 Å². The maximum absolute atomic E-state index is 12.1. The molecule has 0 aromatic heterocycles. The van der Waals surface area contributed by atoms with Crippen LogP contribution < -0.4 is 4.74 Å². The number of hydrogen-bond donors (Lipinski definition) is 0. The highest BCUT2D eigenvalue weighted by Gasteiger charge is 2.21. The van der Waals surface area contributed by atoms with Crippen LogP contribution >= 0.6 is 11.6 Å². The normalized spacial score (nSPS) is 13.2. The molecular formula is C15H21ClO2. The number of carbonyl (C=O) groups excluding carboxylic acids is 1. The summed E-state index contributed by atoms with van der Waals surface area (Å²) in [5, 5.41) is -0.542. The fourth-order valence-electron chi connectivity index (χ4n) is 1.68. The van der Waals surface area contributed by atoms with E-state index < -0.39 is 5.38 Å². The minimum atomic E-state index is -0.542. The van der Waals surface area contributed by atoms with E-state index in [-0.39, 0.29) is 11.2 Å². The Morgan fingerprint density at radius 2 is 2.00 bits per heavy atom. The first-order chi connectivity index (χ1) is 8.27. The van der Waals surface area contributed by atoms with Gasteiger partial charge in [-0.15, -0.1) is 11.6 Å². The van der Waals surface area contributed by atoms with Crippen LogP contribution in [0.1, 0.15) is 50.5 Å². The van der Waals surface area contributed by atoms with Crippen LogP contribution in [0.4, 0.5) is 0 Å². The molecular weight excluding hydrogens is 248 g/mol. The van der Waals surface area contributed by atoms with Gasteiger partial charge in [-0.1, -0.05) is 26.8 Å². The van der Waals surface area contributed by atoms with E-state index in [2.05, 4.69) is 20.8 Å². The number of Topliss-reactive ketones (excluding diaryl/α,β-unsaturated/α-hetero) is 1. The standard InChI is InChI=1S/C15H21ClO2/c1-6-18-13-8-7-11(15(3,4)5)9-12(13)14(17)10(2)16/h7-10H,6H2,1-5H3. The largest absolute Gasteiger partial charge is 0.493 e. The van der Waals surface area contributed by atoms with Crippen LogP contribution in [-0.4, -0.2) is 17.8 Å². The molecule has 0 fully saturated rings. The lowest BCUT2D eigenvalue weighted by molar-refractivity contribution is 0.0988. The molecule has 0 aliphatic rings. The first kappa shape index (κ1) is 15.0. The monoisotopic (exact) mass is 268 g/mol. The van der Waals surface area contributed by atoms with Crippen molar-refractivity contribution in [1.29, 1.82) is 0 Å².